The number of nitrogens with one attached hydrogen (secondary N) is 1. The van der Waals surface area contributed by atoms with Crippen LogP contribution in [0.4, 0.5) is 30.6 Å². The summed E-state index contributed by atoms with van der Waals surface area (Å²) in [6.45, 7) is 0.573. The number of nitrogen functional groups attached to an aromatic ring is 1. The van der Waals surface area contributed by atoms with Crippen LogP contribution in [0.15, 0.2) is 54.9 Å². The van der Waals surface area contributed by atoms with Crippen LogP contribution in [0.3, 0.4) is 0 Å². The van der Waals surface area contributed by atoms with E-state index in [1.165, 1.54) is 6.07 Å². The van der Waals surface area contributed by atoms with E-state index < -0.39 is 23.0 Å². The SMILES string of the molecule is NC(=O)c1cccc(-c2cc3nccn3c(NCCCc3ccc([N+](=O)[O-])c(N)n3)n2)c1.O=C(O)C(F)(F)F. The monoisotopic (exact) mass is 546 g/mol. The minimum Gasteiger partial charge on any atom is -0.475 e. The lowest BCUT2D eigenvalue weighted by Gasteiger charge is -2.11. The van der Waals surface area contributed by atoms with E-state index in [4.69, 9.17) is 21.4 Å². The molecule has 0 fully saturated rings. The molecule has 3 heterocycles. The van der Waals surface area contributed by atoms with Gasteiger partial charge in [0.15, 0.2) is 0 Å². The van der Waals surface area contributed by atoms with Gasteiger partial charge in [0, 0.05) is 47.9 Å². The Labute approximate surface area is 217 Å². The molecule has 0 radical (unpaired) electrons. The molecule has 1 amide bonds. The third-order valence-electron chi connectivity index (χ3n) is 5.12. The number of fused-ring (bicyclic) bond motifs is 1. The predicted molar refractivity (Wildman–Crippen MR) is 133 cm³/mol. The number of nitro groups is 1. The van der Waals surface area contributed by atoms with Crippen LogP contribution < -0.4 is 16.8 Å². The first kappa shape index (κ1) is 28.3. The lowest BCUT2D eigenvalue weighted by molar-refractivity contribution is -0.384. The van der Waals surface area contributed by atoms with Gasteiger partial charge >= 0.3 is 17.8 Å². The lowest BCUT2D eigenvalue weighted by Crippen LogP contribution is -2.21. The molecule has 0 aliphatic carbocycles. The van der Waals surface area contributed by atoms with Crippen molar-refractivity contribution in [2.75, 3.05) is 17.6 Å². The van der Waals surface area contributed by atoms with Crippen LogP contribution in [0, 0.1) is 10.1 Å². The molecule has 0 unspecified atom stereocenters. The average Bonchev–Trinajstić information content (AvgIpc) is 3.35. The number of carboxylic acids is 1. The molecule has 0 spiro atoms. The summed E-state index contributed by atoms with van der Waals surface area (Å²) >= 11 is 0. The number of aromatic nitrogens is 4. The molecule has 1 aromatic carbocycles. The minimum atomic E-state index is -5.08. The molecular weight excluding hydrogens is 525 g/mol. The number of alkyl halides is 3. The number of halogens is 3. The second-order valence-corrected chi connectivity index (χ2v) is 7.86. The maximum Gasteiger partial charge on any atom is 0.490 e. The number of pyridine rings is 1. The third-order valence-corrected chi connectivity index (χ3v) is 5.12. The number of imidazole rings is 1. The average molecular weight is 546 g/mol. The second kappa shape index (κ2) is 11.8. The number of nitrogens with two attached hydrogens (primary N) is 2. The van der Waals surface area contributed by atoms with Gasteiger partial charge in [-0.3, -0.25) is 19.3 Å². The molecule has 6 N–H and O–H groups in total. The molecule has 39 heavy (non-hydrogen) atoms. The Morgan fingerprint density at radius 2 is 1.87 bits per heavy atom. The van der Waals surface area contributed by atoms with Gasteiger partial charge in [-0.25, -0.2) is 19.7 Å². The smallest absolute Gasteiger partial charge is 0.475 e. The van der Waals surface area contributed by atoms with Gasteiger partial charge in [0.2, 0.25) is 17.7 Å². The molecule has 4 rings (SSSR count). The van der Waals surface area contributed by atoms with Gasteiger partial charge in [0.25, 0.3) is 0 Å². The quantitative estimate of drug-likeness (QED) is 0.144. The Morgan fingerprint density at radius 3 is 2.49 bits per heavy atom. The van der Waals surface area contributed by atoms with Gasteiger partial charge in [-0.15, -0.1) is 0 Å². The van der Waals surface area contributed by atoms with Crippen LogP contribution >= 0.6 is 0 Å². The number of aryl methyl sites for hydroxylation is 1. The van der Waals surface area contributed by atoms with Crippen LogP contribution in [0.5, 0.6) is 0 Å². The first-order chi connectivity index (χ1) is 18.4. The van der Waals surface area contributed by atoms with Crippen molar-refractivity contribution in [3.8, 4) is 11.3 Å². The van der Waals surface area contributed by atoms with E-state index in [1.54, 1.807) is 36.7 Å². The lowest BCUT2D eigenvalue weighted by atomic mass is 10.1. The molecule has 0 saturated heterocycles. The molecule has 0 bridgehead atoms. The molecule has 204 valence electrons. The molecule has 3 aromatic heterocycles. The number of benzene rings is 1. The van der Waals surface area contributed by atoms with Crippen molar-refractivity contribution in [1.29, 1.82) is 0 Å². The molecule has 16 heteroatoms. The van der Waals surface area contributed by atoms with Gasteiger partial charge in [-0.2, -0.15) is 13.2 Å². The first-order valence-electron chi connectivity index (χ1n) is 11.0. The Balaban J connectivity index is 0.000000532. The normalized spacial score (nSPS) is 10.9. The molecule has 0 saturated carbocycles. The fraction of sp³-hybridized carbons (Fsp3) is 0.174. The number of carbonyl (C=O) groups is 2. The van der Waals surface area contributed by atoms with Gasteiger partial charge in [0.05, 0.1) is 10.6 Å². The highest BCUT2D eigenvalue weighted by molar-refractivity contribution is 5.94. The Morgan fingerprint density at radius 1 is 1.15 bits per heavy atom. The van der Waals surface area contributed by atoms with E-state index in [2.05, 4.69) is 20.3 Å². The second-order valence-electron chi connectivity index (χ2n) is 7.86. The highest BCUT2D eigenvalue weighted by atomic mass is 19.4. The molecule has 0 aliphatic heterocycles. The number of amides is 1. The van der Waals surface area contributed by atoms with Crippen molar-refractivity contribution in [3.05, 3.63) is 76.2 Å². The van der Waals surface area contributed by atoms with Gasteiger partial charge < -0.3 is 21.9 Å². The summed E-state index contributed by atoms with van der Waals surface area (Å²) in [4.78, 5) is 43.8. The van der Waals surface area contributed by atoms with Crippen LogP contribution in [-0.4, -0.2) is 54.0 Å². The number of nitrogens with zero attached hydrogens (tertiary/aromatic N) is 5. The predicted octanol–water partition coefficient (Wildman–Crippen LogP) is 3.06. The number of carboxylic acid groups (broad SMARTS) is 1. The summed E-state index contributed by atoms with van der Waals surface area (Å²) in [5, 5.41) is 21.3. The van der Waals surface area contributed by atoms with Gasteiger partial charge in [0.1, 0.15) is 5.65 Å². The van der Waals surface area contributed by atoms with Gasteiger partial charge in [-0.05, 0) is 31.0 Å². The number of carbonyl (C=O) groups excluding carboxylic acids is 1. The fourth-order valence-corrected chi connectivity index (χ4v) is 3.30. The standard InChI is InChI=1S/C21H20N8O3.C2HF3O2/c22-19-17(29(31)32)7-6-15(26-19)5-2-8-25-21-27-16(12-18-24-9-10-28(18)21)13-3-1-4-14(11-13)20(23)30;3-2(4,5)1(6)7/h1,3-4,6-7,9-12H,2,5,8H2,(H2,22,26)(H2,23,30)(H,25,27);(H,6,7). The molecule has 0 aliphatic rings. The molecule has 13 nitrogen and oxygen atoms in total. The maximum atomic E-state index is 11.5. The van der Waals surface area contributed by atoms with E-state index in [9.17, 15) is 28.1 Å². The molecular formula is C23H21F3N8O5. The van der Waals surface area contributed by atoms with Crippen molar-refractivity contribution in [3.63, 3.8) is 0 Å². The van der Waals surface area contributed by atoms with E-state index >= 15 is 0 Å². The van der Waals surface area contributed by atoms with Crippen molar-refractivity contribution >= 4 is 35.0 Å². The first-order valence-corrected chi connectivity index (χ1v) is 11.0. The third kappa shape index (κ3) is 7.37. The van der Waals surface area contributed by atoms with Crippen LogP contribution in [0.1, 0.15) is 22.5 Å². The maximum absolute atomic E-state index is 11.5. The summed E-state index contributed by atoms with van der Waals surface area (Å²) < 4.78 is 33.6. The summed E-state index contributed by atoms with van der Waals surface area (Å²) in [5.41, 5.74) is 14.0. The zero-order valence-electron chi connectivity index (χ0n) is 19.9. The summed E-state index contributed by atoms with van der Waals surface area (Å²) in [7, 11) is 0. The van der Waals surface area contributed by atoms with Crippen molar-refractivity contribution < 1.29 is 32.8 Å². The Hall–Kier alpha value is -5.28. The van der Waals surface area contributed by atoms with Crippen molar-refractivity contribution in [1.82, 2.24) is 19.4 Å². The largest absolute Gasteiger partial charge is 0.490 e. The van der Waals surface area contributed by atoms with Crippen LogP contribution in [0.25, 0.3) is 16.9 Å². The van der Waals surface area contributed by atoms with Crippen molar-refractivity contribution in [2.24, 2.45) is 5.73 Å². The topological polar surface area (TPSA) is 205 Å². The van der Waals surface area contributed by atoms with Crippen LogP contribution in [-0.2, 0) is 11.2 Å². The summed E-state index contributed by atoms with van der Waals surface area (Å²) in [6, 6.07) is 11.7. The number of primary amides is 1. The number of anilines is 2. The van der Waals surface area contributed by atoms with E-state index in [1.807, 2.05) is 16.5 Å². The summed E-state index contributed by atoms with van der Waals surface area (Å²) in [6.07, 6.45) is -0.325. The highest BCUT2D eigenvalue weighted by Gasteiger charge is 2.38. The zero-order chi connectivity index (χ0) is 28.7. The molecule has 4 aromatic rings. The summed E-state index contributed by atoms with van der Waals surface area (Å²) in [5.74, 6) is -2.76. The fourth-order valence-electron chi connectivity index (χ4n) is 3.30. The Bertz CT molecular complexity index is 1520. The van der Waals surface area contributed by atoms with E-state index in [-0.39, 0.29) is 11.5 Å². The number of aliphatic carboxylic acids is 1. The number of hydrogen-bond donors (Lipinski definition) is 4. The highest BCUT2D eigenvalue weighted by Crippen LogP contribution is 2.23. The van der Waals surface area contributed by atoms with Crippen molar-refractivity contribution in [2.45, 2.75) is 19.0 Å². The molecule has 0 atom stereocenters. The van der Waals surface area contributed by atoms with E-state index in [0.717, 1.165) is 5.56 Å². The Kier molecular flexibility index (Phi) is 8.59. The zero-order valence-corrected chi connectivity index (χ0v) is 19.9. The minimum absolute atomic E-state index is 0.0897. The van der Waals surface area contributed by atoms with Gasteiger partial charge in [-0.1, -0.05) is 12.1 Å². The number of hydrogen-bond acceptors (Lipinski definition) is 9. The van der Waals surface area contributed by atoms with E-state index in [0.29, 0.717) is 47.9 Å². The number of rotatable bonds is 8. The van der Waals surface area contributed by atoms with Crippen LogP contribution in [0.2, 0.25) is 0 Å².